The standard InChI is InChI=1S/C21H31N7O2/c1-16-22-11-17(12-23-16)21(29)28-9-10-30-19(20(28)18-13-24-26(3)14-18)15-27-6-4-5-25(2)7-8-27/h11-14,19-20H,4-10,15H2,1-3H3/t19-,20-/m0/s1. The quantitative estimate of drug-likeness (QED) is 0.731. The van der Waals surface area contributed by atoms with Gasteiger partial charge in [0.1, 0.15) is 5.82 Å². The van der Waals surface area contributed by atoms with E-state index in [0.29, 0.717) is 24.5 Å². The van der Waals surface area contributed by atoms with Crippen molar-refractivity contribution >= 4 is 5.91 Å². The third kappa shape index (κ3) is 4.69. The number of aromatic nitrogens is 4. The van der Waals surface area contributed by atoms with Gasteiger partial charge in [-0.15, -0.1) is 0 Å². The van der Waals surface area contributed by atoms with Crippen LogP contribution in [0.4, 0.5) is 0 Å². The SMILES string of the molecule is Cc1ncc(C(=O)N2CCO[C@@H](CN3CCCN(C)CC3)[C@@H]2c2cnn(C)c2)cn1. The third-order valence-corrected chi connectivity index (χ3v) is 5.96. The van der Waals surface area contributed by atoms with E-state index in [0.717, 1.165) is 44.7 Å². The van der Waals surface area contributed by atoms with Crippen LogP contribution in [0.5, 0.6) is 0 Å². The number of nitrogens with zero attached hydrogens (tertiary/aromatic N) is 7. The summed E-state index contributed by atoms with van der Waals surface area (Å²) in [5.74, 6) is 0.592. The molecule has 1 amide bonds. The fourth-order valence-corrected chi connectivity index (χ4v) is 4.31. The molecule has 2 aromatic rings. The molecule has 2 aromatic heterocycles. The Morgan fingerprint density at radius 1 is 1.10 bits per heavy atom. The first-order chi connectivity index (χ1) is 14.5. The minimum atomic E-state index is -0.192. The van der Waals surface area contributed by atoms with Crippen molar-refractivity contribution in [3.05, 3.63) is 41.7 Å². The van der Waals surface area contributed by atoms with E-state index in [1.807, 2.05) is 31.3 Å². The second kappa shape index (κ2) is 9.20. The van der Waals surface area contributed by atoms with Crippen molar-refractivity contribution < 1.29 is 9.53 Å². The van der Waals surface area contributed by atoms with Crippen molar-refractivity contribution in [3.8, 4) is 0 Å². The van der Waals surface area contributed by atoms with Crippen LogP contribution in [0.1, 0.15) is 34.2 Å². The lowest BCUT2D eigenvalue weighted by Gasteiger charge is -2.42. The van der Waals surface area contributed by atoms with Crippen LogP contribution in [-0.4, -0.2) is 99.4 Å². The van der Waals surface area contributed by atoms with Gasteiger partial charge in [0.05, 0.1) is 30.5 Å². The van der Waals surface area contributed by atoms with Crippen molar-refractivity contribution in [1.82, 2.24) is 34.4 Å². The van der Waals surface area contributed by atoms with Crippen molar-refractivity contribution in [2.45, 2.75) is 25.5 Å². The summed E-state index contributed by atoms with van der Waals surface area (Å²) in [5.41, 5.74) is 1.50. The minimum Gasteiger partial charge on any atom is -0.373 e. The first-order valence-electron chi connectivity index (χ1n) is 10.6. The van der Waals surface area contributed by atoms with E-state index in [1.54, 1.807) is 17.1 Å². The van der Waals surface area contributed by atoms with Crippen molar-refractivity contribution in [3.63, 3.8) is 0 Å². The van der Waals surface area contributed by atoms with Crippen LogP contribution in [0.2, 0.25) is 0 Å². The van der Waals surface area contributed by atoms with Crippen LogP contribution >= 0.6 is 0 Å². The van der Waals surface area contributed by atoms with Crippen LogP contribution in [0, 0.1) is 6.92 Å². The number of amides is 1. The topological polar surface area (TPSA) is 79.6 Å². The van der Waals surface area contributed by atoms with Crippen LogP contribution in [0.3, 0.4) is 0 Å². The largest absolute Gasteiger partial charge is 0.373 e. The van der Waals surface area contributed by atoms with Gasteiger partial charge in [-0.1, -0.05) is 0 Å². The summed E-state index contributed by atoms with van der Waals surface area (Å²) >= 11 is 0. The van der Waals surface area contributed by atoms with E-state index in [-0.39, 0.29) is 18.1 Å². The molecule has 0 radical (unpaired) electrons. The first kappa shape index (κ1) is 20.9. The molecule has 2 aliphatic heterocycles. The number of likely N-dealkylation sites (N-methyl/N-ethyl adjacent to an activating group) is 1. The highest BCUT2D eigenvalue weighted by Crippen LogP contribution is 2.31. The predicted molar refractivity (Wildman–Crippen MR) is 112 cm³/mol. The molecular weight excluding hydrogens is 382 g/mol. The van der Waals surface area contributed by atoms with E-state index in [1.165, 1.54) is 0 Å². The molecule has 0 spiro atoms. The maximum absolute atomic E-state index is 13.4. The maximum atomic E-state index is 13.4. The van der Waals surface area contributed by atoms with E-state index in [9.17, 15) is 4.79 Å². The molecule has 0 unspecified atom stereocenters. The van der Waals surface area contributed by atoms with E-state index < -0.39 is 0 Å². The molecule has 2 aliphatic rings. The van der Waals surface area contributed by atoms with Gasteiger partial charge in [-0.05, 0) is 33.5 Å². The molecule has 162 valence electrons. The summed E-state index contributed by atoms with van der Waals surface area (Å²) in [4.78, 5) is 28.5. The summed E-state index contributed by atoms with van der Waals surface area (Å²) in [5, 5.41) is 4.35. The number of carbonyl (C=O) groups is 1. The molecular formula is C21H31N7O2. The molecule has 0 bridgehead atoms. The number of rotatable bonds is 4. The second-order valence-electron chi connectivity index (χ2n) is 8.28. The smallest absolute Gasteiger partial charge is 0.257 e. The zero-order chi connectivity index (χ0) is 21.1. The highest BCUT2D eigenvalue weighted by Gasteiger charge is 2.38. The highest BCUT2D eigenvalue weighted by atomic mass is 16.5. The number of morpholine rings is 1. The third-order valence-electron chi connectivity index (χ3n) is 5.96. The predicted octanol–water partition coefficient (Wildman–Crippen LogP) is 0.738. The Morgan fingerprint density at radius 2 is 1.90 bits per heavy atom. The molecule has 2 fully saturated rings. The second-order valence-corrected chi connectivity index (χ2v) is 8.28. The number of hydrogen-bond acceptors (Lipinski definition) is 7. The Balaban J connectivity index is 1.59. The molecule has 0 aliphatic carbocycles. The summed E-state index contributed by atoms with van der Waals surface area (Å²) < 4.78 is 8.02. The lowest BCUT2D eigenvalue weighted by Crippen LogP contribution is -2.52. The fourth-order valence-electron chi connectivity index (χ4n) is 4.31. The van der Waals surface area contributed by atoms with Crippen LogP contribution in [0.15, 0.2) is 24.8 Å². The Labute approximate surface area is 177 Å². The fraction of sp³-hybridized carbons (Fsp3) is 0.619. The zero-order valence-corrected chi connectivity index (χ0v) is 18.1. The summed E-state index contributed by atoms with van der Waals surface area (Å²) in [7, 11) is 4.07. The number of ether oxygens (including phenoxy) is 1. The molecule has 30 heavy (non-hydrogen) atoms. The normalized spacial score (nSPS) is 24.0. The van der Waals surface area contributed by atoms with Crippen LogP contribution in [0.25, 0.3) is 0 Å². The summed E-state index contributed by atoms with van der Waals surface area (Å²) in [6.07, 6.45) is 8.08. The Hall–Kier alpha value is -2.36. The average molecular weight is 414 g/mol. The number of carbonyl (C=O) groups excluding carboxylic acids is 1. The lowest BCUT2D eigenvalue weighted by atomic mass is 9.99. The van der Waals surface area contributed by atoms with Gasteiger partial charge >= 0.3 is 0 Å². The monoisotopic (exact) mass is 413 g/mol. The van der Waals surface area contributed by atoms with Gasteiger partial charge in [-0.2, -0.15) is 5.10 Å². The molecule has 4 rings (SSSR count). The molecule has 2 saturated heterocycles. The molecule has 2 atom stereocenters. The highest BCUT2D eigenvalue weighted by molar-refractivity contribution is 5.94. The molecule has 4 heterocycles. The summed E-state index contributed by atoms with van der Waals surface area (Å²) in [6.45, 7) is 7.89. The van der Waals surface area contributed by atoms with Crippen molar-refractivity contribution in [2.24, 2.45) is 7.05 Å². The van der Waals surface area contributed by atoms with Gasteiger partial charge in [0.25, 0.3) is 5.91 Å². The molecule has 0 saturated carbocycles. The minimum absolute atomic E-state index is 0.0623. The average Bonchev–Trinajstić information content (AvgIpc) is 3.06. The summed E-state index contributed by atoms with van der Waals surface area (Å²) in [6, 6.07) is -0.192. The van der Waals surface area contributed by atoms with Gasteiger partial charge in [0.2, 0.25) is 0 Å². The first-order valence-corrected chi connectivity index (χ1v) is 10.6. The van der Waals surface area contributed by atoms with Gasteiger partial charge in [0.15, 0.2) is 0 Å². The van der Waals surface area contributed by atoms with Gasteiger partial charge < -0.3 is 14.5 Å². The van der Waals surface area contributed by atoms with E-state index in [4.69, 9.17) is 4.74 Å². The Morgan fingerprint density at radius 3 is 2.63 bits per heavy atom. The van der Waals surface area contributed by atoms with E-state index >= 15 is 0 Å². The van der Waals surface area contributed by atoms with Gasteiger partial charge in [-0.25, -0.2) is 9.97 Å². The van der Waals surface area contributed by atoms with Crippen molar-refractivity contribution in [2.75, 3.05) is 52.9 Å². The number of hydrogen-bond donors (Lipinski definition) is 0. The molecule has 9 nitrogen and oxygen atoms in total. The van der Waals surface area contributed by atoms with E-state index in [2.05, 4.69) is 31.9 Å². The van der Waals surface area contributed by atoms with Crippen LogP contribution in [-0.2, 0) is 11.8 Å². The van der Waals surface area contributed by atoms with Gasteiger partial charge in [0, 0.05) is 57.4 Å². The lowest BCUT2D eigenvalue weighted by molar-refractivity contribution is -0.0723. The number of aryl methyl sites for hydroxylation is 2. The Bertz CT molecular complexity index is 853. The van der Waals surface area contributed by atoms with Crippen LogP contribution < -0.4 is 0 Å². The molecule has 0 aromatic carbocycles. The van der Waals surface area contributed by atoms with Gasteiger partial charge in [-0.3, -0.25) is 14.4 Å². The van der Waals surface area contributed by atoms with Crippen molar-refractivity contribution in [1.29, 1.82) is 0 Å². The maximum Gasteiger partial charge on any atom is 0.257 e. The molecule has 0 N–H and O–H groups in total. The molecule has 9 heteroatoms. The Kier molecular flexibility index (Phi) is 6.40. The zero-order valence-electron chi connectivity index (χ0n) is 18.1.